The second-order valence-corrected chi connectivity index (χ2v) is 4.82. The van der Waals surface area contributed by atoms with Crippen molar-refractivity contribution in [1.29, 1.82) is 5.26 Å². The fourth-order valence-electron chi connectivity index (χ4n) is 2.29. The van der Waals surface area contributed by atoms with E-state index in [1.807, 2.05) is 50.0 Å². The molecule has 0 aliphatic rings. The van der Waals surface area contributed by atoms with Gasteiger partial charge in [0.25, 0.3) is 0 Å². The Kier molecular flexibility index (Phi) is 3.57. The van der Waals surface area contributed by atoms with Gasteiger partial charge in [0.15, 0.2) is 0 Å². The molecule has 0 saturated carbocycles. The average molecular weight is 254 g/mol. The molecule has 0 bridgehead atoms. The first-order valence-corrected chi connectivity index (χ1v) is 6.29. The minimum atomic E-state index is 0.114. The molecule has 2 aromatic rings. The fraction of sp³-hybridized carbons (Fsp3) is 0.333. The number of nitriles is 1. The summed E-state index contributed by atoms with van der Waals surface area (Å²) in [5.41, 5.74) is 4.72. The topological polar surface area (TPSA) is 53.6 Å². The summed E-state index contributed by atoms with van der Waals surface area (Å²) in [5.74, 6) is 0. The molecule has 0 radical (unpaired) electrons. The molecular formula is C15H18N4. The van der Waals surface area contributed by atoms with Gasteiger partial charge in [-0.25, -0.2) is 0 Å². The Morgan fingerprint density at radius 2 is 2.11 bits per heavy atom. The molecule has 0 aliphatic carbocycles. The normalized spacial score (nSPS) is 11.9. The van der Waals surface area contributed by atoms with Crippen LogP contribution in [0.2, 0.25) is 0 Å². The van der Waals surface area contributed by atoms with Crippen molar-refractivity contribution >= 4 is 5.69 Å². The van der Waals surface area contributed by atoms with E-state index in [4.69, 9.17) is 0 Å². The monoisotopic (exact) mass is 254 g/mol. The Balaban J connectivity index is 2.30. The molecule has 1 atom stereocenters. The first-order valence-electron chi connectivity index (χ1n) is 6.29. The van der Waals surface area contributed by atoms with Gasteiger partial charge in [0.2, 0.25) is 0 Å². The summed E-state index contributed by atoms with van der Waals surface area (Å²) in [5, 5.41) is 17.0. The van der Waals surface area contributed by atoms with Gasteiger partial charge in [-0.1, -0.05) is 12.1 Å². The molecule has 1 aromatic heterocycles. The molecule has 98 valence electrons. The Morgan fingerprint density at radius 3 is 2.68 bits per heavy atom. The number of aryl methyl sites for hydroxylation is 3. The third-order valence-corrected chi connectivity index (χ3v) is 3.27. The third-order valence-electron chi connectivity index (χ3n) is 3.27. The van der Waals surface area contributed by atoms with Crippen LogP contribution < -0.4 is 5.32 Å². The highest BCUT2D eigenvalue weighted by Gasteiger charge is 2.13. The van der Waals surface area contributed by atoms with E-state index >= 15 is 0 Å². The zero-order chi connectivity index (χ0) is 14.0. The van der Waals surface area contributed by atoms with Crippen LogP contribution in [0, 0.1) is 25.2 Å². The highest BCUT2D eigenvalue weighted by Crippen LogP contribution is 2.25. The van der Waals surface area contributed by atoms with Gasteiger partial charge in [-0.3, -0.25) is 4.68 Å². The maximum atomic E-state index is 9.23. The van der Waals surface area contributed by atoms with Gasteiger partial charge in [-0.05, 0) is 32.4 Å². The molecule has 0 fully saturated rings. The number of aromatic nitrogens is 2. The molecule has 0 amide bonds. The van der Waals surface area contributed by atoms with Crippen molar-refractivity contribution in [2.24, 2.45) is 7.05 Å². The Labute approximate surface area is 113 Å². The SMILES string of the molecule is Cc1cccc(NC(C)c2cn(C)nc2C)c1C#N. The molecule has 1 N–H and O–H groups in total. The van der Waals surface area contributed by atoms with E-state index in [1.54, 1.807) is 0 Å². The Hall–Kier alpha value is -2.28. The largest absolute Gasteiger partial charge is 0.377 e. The van der Waals surface area contributed by atoms with Gasteiger partial charge < -0.3 is 5.32 Å². The maximum Gasteiger partial charge on any atom is 0.102 e. The highest BCUT2D eigenvalue weighted by atomic mass is 15.3. The molecule has 0 saturated heterocycles. The third kappa shape index (κ3) is 2.60. The average Bonchev–Trinajstić information content (AvgIpc) is 2.69. The zero-order valence-corrected chi connectivity index (χ0v) is 11.7. The summed E-state index contributed by atoms with van der Waals surface area (Å²) in [4.78, 5) is 0. The van der Waals surface area contributed by atoms with Gasteiger partial charge in [-0.15, -0.1) is 0 Å². The molecule has 19 heavy (non-hydrogen) atoms. The van der Waals surface area contributed by atoms with E-state index in [1.165, 1.54) is 0 Å². The van der Waals surface area contributed by atoms with E-state index < -0.39 is 0 Å². The quantitative estimate of drug-likeness (QED) is 0.915. The molecule has 4 nitrogen and oxygen atoms in total. The lowest BCUT2D eigenvalue weighted by atomic mass is 10.1. The second kappa shape index (κ2) is 5.15. The van der Waals surface area contributed by atoms with Crippen molar-refractivity contribution in [3.8, 4) is 6.07 Å². The van der Waals surface area contributed by atoms with Gasteiger partial charge >= 0.3 is 0 Å². The van der Waals surface area contributed by atoms with Crippen LogP contribution >= 0.6 is 0 Å². The lowest BCUT2D eigenvalue weighted by Crippen LogP contribution is -2.08. The summed E-state index contributed by atoms with van der Waals surface area (Å²) in [7, 11) is 1.91. The molecule has 1 heterocycles. The van der Waals surface area contributed by atoms with E-state index in [-0.39, 0.29) is 6.04 Å². The number of benzene rings is 1. The first kappa shape index (κ1) is 13.2. The number of rotatable bonds is 3. The Morgan fingerprint density at radius 1 is 1.37 bits per heavy atom. The Bertz CT molecular complexity index is 634. The predicted octanol–water partition coefficient (Wildman–Crippen LogP) is 3.08. The van der Waals surface area contributed by atoms with Crippen molar-refractivity contribution in [3.63, 3.8) is 0 Å². The molecule has 1 aromatic carbocycles. The number of nitrogens with zero attached hydrogens (tertiary/aromatic N) is 3. The van der Waals surface area contributed by atoms with Crippen LogP contribution in [-0.4, -0.2) is 9.78 Å². The lowest BCUT2D eigenvalue weighted by Gasteiger charge is -2.16. The van der Waals surface area contributed by atoms with Gasteiger partial charge in [-0.2, -0.15) is 10.4 Å². The molecule has 0 aliphatic heterocycles. The highest BCUT2D eigenvalue weighted by molar-refractivity contribution is 5.61. The van der Waals surface area contributed by atoms with E-state index in [0.717, 1.165) is 22.5 Å². The minimum absolute atomic E-state index is 0.114. The van der Waals surface area contributed by atoms with Crippen molar-refractivity contribution in [1.82, 2.24) is 9.78 Å². The van der Waals surface area contributed by atoms with Gasteiger partial charge in [0, 0.05) is 18.8 Å². The number of hydrogen-bond donors (Lipinski definition) is 1. The van der Waals surface area contributed by atoms with Crippen molar-refractivity contribution < 1.29 is 0 Å². The van der Waals surface area contributed by atoms with Crippen molar-refractivity contribution in [2.75, 3.05) is 5.32 Å². The summed E-state index contributed by atoms with van der Waals surface area (Å²) in [6, 6.07) is 8.22. The van der Waals surface area contributed by atoms with Crippen LogP contribution in [0.5, 0.6) is 0 Å². The predicted molar refractivity (Wildman–Crippen MR) is 75.9 cm³/mol. The van der Waals surface area contributed by atoms with E-state index in [9.17, 15) is 5.26 Å². The summed E-state index contributed by atoms with van der Waals surface area (Å²) < 4.78 is 1.81. The molecule has 4 heteroatoms. The van der Waals surface area contributed by atoms with Crippen molar-refractivity contribution in [2.45, 2.75) is 26.8 Å². The minimum Gasteiger partial charge on any atom is -0.377 e. The zero-order valence-electron chi connectivity index (χ0n) is 11.7. The summed E-state index contributed by atoms with van der Waals surface area (Å²) in [6.07, 6.45) is 2.01. The van der Waals surface area contributed by atoms with Crippen LogP contribution in [0.15, 0.2) is 24.4 Å². The summed E-state index contributed by atoms with van der Waals surface area (Å²) in [6.45, 7) is 6.02. The number of anilines is 1. The molecule has 0 spiro atoms. The number of nitrogens with one attached hydrogen (secondary N) is 1. The van der Waals surface area contributed by atoms with Gasteiger partial charge in [0.1, 0.15) is 6.07 Å². The van der Waals surface area contributed by atoms with Crippen molar-refractivity contribution in [3.05, 3.63) is 46.8 Å². The first-order chi connectivity index (χ1) is 9.02. The van der Waals surface area contributed by atoms with E-state index in [0.29, 0.717) is 5.56 Å². The fourth-order valence-corrected chi connectivity index (χ4v) is 2.29. The standard InChI is InChI=1S/C15H18N4/c1-10-6-5-7-15(13(10)8-16)17-11(2)14-9-19(4)18-12(14)3/h5-7,9,11,17H,1-4H3. The number of hydrogen-bond acceptors (Lipinski definition) is 3. The molecule has 1 unspecified atom stereocenters. The van der Waals surface area contributed by atoms with Gasteiger partial charge in [0.05, 0.1) is 23.0 Å². The van der Waals surface area contributed by atoms with Crippen LogP contribution in [-0.2, 0) is 7.05 Å². The summed E-state index contributed by atoms with van der Waals surface area (Å²) >= 11 is 0. The second-order valence-electron chi connectivity index (χ2n) is 4.82. The van der Waals surface area contributed by atoms with Crippen LogP contribution in [0.3, 0.4) is 0 Å². The van der Waals surface area contributed by atoms with Crippen LogP contribution in [0.25, 0.3) is 0 Å². The lowest BCUT2D eigenvalue weighted by molar-refractivity contribution is 0.756. The molecular weight excluding hydrogens is 236 g/mol. The van der Waals surface area contributed by atoms with E-state index in [2.05, 4.69) is 23.4 Å². The maximum absolute atomic E-state index is 9.23. The van der Waals surface area contributed by atoms with Crippen LogP contribution in [0.4, 0.5) is 5.69 Å². The van der Waals surface area contributed by atoms with Crippen LogP contribution in [0.1, 0.15) is 35.3 Å². The molecule has 2 rings (SSSR count). The smallest absolute Gasteiger partial charge is 0.102 e.